The smallest absolute Gasteiger partial charge is 0.0997 e. The number of likely N-dealkylation sites (N-methyl/N-ethyl adjacent to an activating group) is 1. The van der Waals surface area contributed by atoms with Gasteiger partial charge in [-0.05, 0) is 19.5 Å². The van der Waals surface area contributed by atoms with E-state index in [9.17, 15) is 0 Å². The van der Waals surface area contributed by atoms with E-state index in [0.717, 1.165) is 30.9 Å². The van der Waals surface area contributed by atoms with Crippen molar-refractivity contribution in [2.45, 2.75) is 32.9 Å². The van der Waals surface area contributed by atoms with Gasteiger partial charge in [0.25, 0.3) is 0 Å². The molecule has 1 aromatic carbocycles. The Morgan fingerprint density at radius 3 is 2.86 bits per heavy atom. The third-order valence-corrected chi connectivity index (χ3v) is 3.67. The topological polar surface area (TPSA) is 71.4 Å². The molecule has 21 heavy (non-hydrogen) atoms. The molecule has 0 aliphatic heterocycles. The Hall–Kier alpha value is -2.21. The van der Waals surface area contributed by atoms with Crippen molar-refractivity contribution < 1.29 is 0 Å². The maximum absolute atomic E-state index is 4.76. The van der Waals surface area contributed by atoms with Gasteiger partial charge in [0.15, 0.2) is 0 Å². The van der Waals surface area contributed by atoms with E-state index in [1.54, 1.807) is 6.20 Å². The number of nitrogens with zero attached hydrogens (tertiary/aromatic N) is 4. The van der Waals surface area contributed by atoms with Gasteiger partial charge in [0.05, 0.1) is 29.1 Å². The van der Waals surface area contributed by atoms with Gasteiger partial charge in [-0.15, -0.1) is 0 Å². The van der Waals surface area contributed by atoms with Gasteiger partial charge in [0.2, 0.25) is 0 Å². The minimum Gasteiger partial charge on any atom is -0.308 e. The van der Waals surface area contributed by atoms with Crippen molar-refractivity contribution in [2.75, 3.05) is 6.54 Å². The van der Waals surface area contributed by atoms with Gasteiger partial charge in [0, 0.05) is 18.4 Å². The Morgan fingerprint density at radius 2 is 2.14 bits per heavy atom. The standard InChI is InChI=1S/C15H20N6/c1-3-16-13(14-10-17-20-18-14)9-12-11-7-5-6-8-15(11)21(4-2)19-12/h5-8,10,13,16H,3-4,9H2,1-2H3,(H,17,18,20). The van der Waals surface area contributed by atoms with Crippen molar-refractivity contribution >= 4 is 10.9 Å². The molecule has 2 N–H and O–H groups in total. The molecule has 0 amide bonds. The number of H-pyrrole nitrogens is 1. The predicted molar refractivity (Wildman–Crippen MR) is 81.9 cm³/mol. The van der Waals surface area contributed by atoms with Crippen LogP contribution in [0.25, 0.3) is 10.9 Å². The molecule has 0 radical (unpaired) electrons. The van der Waals surface area contributed by atoms with Crippen molar-refractivity contribution in [3.05, 3.63) is 41.9 Å². The van der Waals surface area contributed by atoms with E-state index in [1.165, 1.54) is 10.9 Å². The second-order valence-corrected chi connectivity index (χ2v) is 4.99. The Bertz CT molecular complexity index is 700. The second-order valence-electron chi connectivity index (χ2n) is 4.99. The summed E-state index contributed by atoms with van der Waals surface area (Å²) in [4.78, 5) is 0. The average molecular weight is 284 g/mol. The third-order valence-electron chi connectivity index (χ3n) is 3.67. The number of hydrogen-bond donors (Lipinski definition) is 2. The molecule has 2 aromatic heterocycles. The quantitative estimate of drug-likeness (QED) is 0.727. The lowest BCUT2D eigenvalue weighted by atomic mass is 10.1. The number of rotatable bonds is 6. The highest BCUT2D eigenvalue weighted by Crippen LogP contribution is 2.23. The Kier molecular flexibility index (Phi) is 3.96. The van der Waals surface area contributed by atoms with Gasteiger partial charge < -0.3 is 5.32 Å². The van der Waals surface area contributed by atoms with Gasteiger partial charge in [-0.25, -0.2) is 0 Å². The Balaban J connectivity index is 1.96. The van der Waals surface area contributed by atoms with Crippen molar-refractivity contribution in [1.82, 2.24) is 30.5 Å². The van der Waals surface area contributed by atoms with E-state index < -0.39 is 0 Å². The summed E-state index contributed by atoms with van der Waals surface area (Å²) < 4.78 is 2.05. The van der Waals surface area contributed by atoms with Gasteiger partial charge in [-0.3, -0.25) is 4.68 Å². The van der Waals surface area contributed by atoms with Crippen LogP contribution in [0, 0.1) is 0 Å². The van der Waals surface area contributed by atoms with Gasteiger partial charge >= 0.3 is 0 Å². The number of fused-ring (bicyclic) bond motifs is 1. The average Bonchev–Trinajstić information content (AvgIpc) is 3.15. The minimum absolute atomic E-state index is 0.123. The van der Waals surface area contributed by atoms with Crippen LogP contribution >= 0.6 is 0 Å². The number of aromatic nitrogens is 5. The fourth-order valence-corrected chi connectivity index (χ4v) is 2.69. The zero-order valence-electron chi connectivity index (χ0n) is 12.4. The Morgan fingerprint density at radius 1 is 1.29 bits per heavy atom. The number of aryl methyl sites for hydroxylation is 1. The van der Waals surface area contributed by atoms with Crippen LogP contribution < -0.4 is 5.32 Å². The Labute approximate surface area is 123 Å². The van der Waals surface area contributed by atoms with Crippen molar-refractivity contribution in [3.8, 4) is 0 Å². The molecule has 0 saturated carbocycles. The number of para-hydroxylation sites is 1. The largest absolute Gasteiger partial charge is 0.308 e. The first-order chi connectivity index (χ1) is 10.3. The summed E-state index contributed by atoms with van der Waals surface area (Å²) in [6.07, 6.45) is 2.57. The molecule has 6 heteroatoms. The van der Waals surface area contributed by atoms with Crippen LogP contribution in [0.15, 0.2) is 30.5 Å². The van der Waals surface area contributed by atoms with Crippen LogP contribution in [0.1, 0.15) is 31.3 Å². The molecular weight excluding hydrogens is 264 g/mol. The summed E-state index contributed by atoms with van der Waals surface area (Å²) in [6, 6.07) is 8.49. The van der Waals surface area contributed by atoms with E-state index in [-0.39, 0.29) is 6.04 Å². The maximum atomic E-state index is 4.76. The third kappa shape index (κ3) is 2.67. The first-order valence-electron chi connectivity index (χ1n) is 7.37. The SMILES string of the molecule is CCNC(Cc1nn(CC)c2ccccc12)c1cn[nH]n1. The molecule has 3 rings (SSSR count). The zero-order chi connectivity index (χ0) is 14.7. The number of benzene rings is 1. The summed E-state index contributed by atoms with van der Waals surface area (Å²) in [5.74, 6) is 0. The summed E-state index contributed by atoms with van der Waals surface area (Å²) in [6.45, 7) is 5.96. The fraction of sp³-hybridized carbons (Fsp3) is 0.400. The molecule has 2 heterocycles. The molecule has 0 aliphatic rings. The highest BCUT2D eigenvalue weighted by Gasteiger charge is 2.18. The summed E-state index contributed by atoms with van der Waals surface area (Å²) in [5, 5.41) is 20.2. The molecule has 0 aliphatic carbocycles. The molecular formula is C15H20N6. The predicted octanol–water partition coefficient (Wildman–Crippen LogP) is 2.07. The van der Waals surface area contributed by atoms with Gasteiger partial charge in [-0.2, -0.15) is 20.5 Å². The molecule has 0 fully saturated rings. The second kappa shape index (κ2) is 6.05. The first kappa shape index (κ1) is 13.8. The lowest BCUT2D eigenvalue weighted by Crippen LogP contribution is -2.23. The van der Waals surface area contributed by atoms with Crippen LogP contribution in [-0.2, 0) is 13.0 Å². The lowest BCUT2D eigenvalue weighted by Gasteiger charge is -2.13. The van der Waals surface area contributed by atoms with E-state index in [1.807, 2.05) is 0 Å². The van der Waals surface area contributed by atoms with Crippen LogP contribution in [-0.4, -0.2) is 31.7 Å². The molecule has 1 atom stereocenters. The normalized spacial score (nSPS) is 12.9. The lowest BCUT2D eigenvalue weighted by molar-refractivity contribution is 0.525. The van der Waals surface area contributed by atoms with Crippen LogP contribution in [0.5, 0.6) is 0 Å². The summed E-state index contributed by atoms with van der Waals surface area (Å²) in [5.41, 5.74) is 3.21. The highest BCUT2D eigenvalue weighted by atomic mass is 15.3. The number of aromatic amines is 1. The van der Waals surface area contributed by atoms with E-state index in [0.29, 0.717) is 0 Å². The molecule has 6 nitrogen and oxygen atoms in total. The van der Waals surface area contributed by atoms with Crippen molar-refractivity contribution in [2.24, 2.45) is 0 Å². The van der Waals surface area contributed by atoms with Gasteiger partial charge in [0.1, 0.15) is 0 Å². The summed E-state index contributed by atoms with van der Waals surface area (Å²) >= 11 is 0. The van der Waals surface area contributed by atoms with Crippen molar-refractivity contribution in [1.29, 1.82) is 0 Å². The van der Waals surface area contributed by atoms with E-state index >= 15 is 0 Å². The molecule has 3 aromatic rings. The van der Waals surface area contributed by atoms with Crippen LogP contribution in [0.3, 0.4) is 0 Å². The zero-order valence-corrected chi connectivity index (χ0v) is 12.4. The highest BCUT2D eigenvalue weighted by molar-refractivity contribution is 5.82. The summed E-state index contributed by atoms with van der Waals surface area (Å²) in [7, 11) is 0. The van der Waals surface area contributed by atoms with Crippen LogP contribution in [0.4, 0.5) is 0 Å². The van der Waals surface area contributed by atoms with E-state index in [2.05, 4.69) is 63.5 Å². The van der Waals surface area contributed by atoms with Crippen LogP contribution in [0.2, 0.25) is 0 Å². The fourth-order valence-electron chi connectivity index (χ4n) is 2.69. The number of nitrogens with one attached hydrogen (secondary N) is 2. The minimum atomic E-state index is 0.123. The molecule has 1 unspecified atom stereocenters. The maximum Gasteiger partial charge on any atom is 0.0997 e. The molecule has 0 bridgehead atoms. The molecule has 110 valence electrons. The van der Waals surface area contributed by atoms with Gasteiger partial charge in [-0.1, -0.05) is 25.1 Å². The molecule has 0 spiro atoms. The monoisotopic (exact) mass is 284 g/mol. The molecule has 0 saturated heterocycles. The van der Waals surface area contributed by atoms with E-state index in [4.69, 9.17) is 5.10 Å². The van der Waals surface area contributed by atoms with Crippen molar-refractivity contribution in [3.63, 3.8) is 0 Å². The number of hydrogen-bond acceptors (Lipinski definition) is 4. The first-order valence-corrected chi connectivity index (χ1v) is 7.37.